The van der Waals surface area contributed by atoms with Crippen LogP contribution in [0.1, 0.15) is 55.3 Å². The average molecular weight is 330 g/mol. The summed E-state index contributed by atoms with van der Waals surface area (Å²) in [7, 11) is 0. The molecule has 3 amide bonds. The highest BCUT2D eigenvalue weighted by Crippen LogP contribution is 2.17. The van der Waals surface area contributed by atoms with Crippen molar-refractivity contribution in [3.05, 3.63) is 30.1 Å². The molecule has 0 aromatic carbocycles. The third kappa shape index (κ3) is 4.46. The van der Waals surface area contributed by atoms with E-state index in [1.807, 2.05) is 4.90 Å². The highest BCUT2D eigenvalue weighted by molar-refractivity contribution is 5.93. The van der Waals surface area contributed by atoms with Gasteiger partial charge in [0.2, 0.25) is 0 Å². The maximum Gasteiger partial charge on any atom is 0.315 e. The SMILES string of the molecule is O=C(NC1CCCCC1)NC1CCN(C(=O)c2cccnc2)CC1. The molecule has 130 valence electrons. The molecule has 2 heterocycles. The molecule has 3 rings (SSSR count). The van der Waals surface area contributed by atoms with Crippen LogP contribution in [0.2, 0.25) is 0 Å². The Balaban J connectivity index is 1.41. The zero-order valence-electron chi connectivity index (χ0n) is 14.0. The number of nitrogens with zero attached hydrogens (tertiary/aromatic N) is 2. The van der Waals surface area contributed by atoms with Gasteiger partial charge >= 0.3 is 6.03 Å². The summed E-state index contributed by atoms with van der Waals surface area (Å²) < 4.78 is 0. The van der Waals surface area contributed by atoms with Crippen molar-refractivity contribution in [1.29, 1.82) is 0 Å². The minimum atomic E-state index is -0.0565. The monoisotopic (exact) mass is 330 g/mol. The van der Waals surface area contributed by atoms with Crippen LogP contribution in [0.4, 0.5) is 4.79 Å². The highest BCUT2D eigenvalue weighted by Gasteiger charge is 2.25. The quantitative estimate of drug-likeness (QED) is 0.893. The van der Waals surface area contributed by atoms with Crippen LogP contribution in [-0.4, -0.2) is 47.0 Å². The Kier molecular flexibility index (Phi) is 5.67. The number of rotatable bonds is 3. The minimum Gasteiger partial charge on any atom is -0.338 e. The van der Waals surface area contributed by atoms with Gasteiger partial charge in [-0.3, -0.25) is 9.78 Å². The first-order valence-corrected chi connectivity index (χ1v) is 8.99. The third-order valence-electron chi connectivity index (χ3n) is 4.97. The predicted octanol–water partition coefficient (Wildman–Crippen LogP) is 2.32. The van der Waals surface area contributed by atoms with Crippen LogP contribution < -0.4 is 10.6 Å². The lowest BCUT2D eigenvalue weighted by Crippen LogP contribution is -2.51. The van der Waals surface area contributed by atoms with Crippen LogP contribution in [0.3, 0.4) is 0 Å². The number of hydrogen-bond donors (Lipinski definition) is 2. The molecule has 2 N–H and O–H groups in total. The summed E-state index contributed by atoms with van der Waals surface area (Å²) in [6.07, 6.45) is 10.7. The number of carbonyl (C=O) groups is 2. The van der Waals surface area contributed by atoms with Crippen LogP contribution in [0.15, 0.2) is 24.5 Å². The van der Waals surface area contributed by atoms with Gasteiger partial charge < -0.3 is 15.5 Å². The van der Waals surface area contributed by atoms with E-state index in [1.165, 1.54) is 19.3 Å². The molecule has 2 aliphatic rings. The Morgan fingerprint density at radius 1 is 1.00 bits per heavy atom. The Bertz CT molecular complexity index is 549. The summed E-state index contributed by atoms with van der Waals surface area (Å²) in [5.74, 6) is 0.0215. The third-order valence-corrected chi connectivity index (χ3v) is 4.97. The van der Waals surface area contributed by atoms with E-state index in [4.69, 9.17) is 0 Å². The molecular weight excluding hydrogens is 304 g/mol. The summed E-state index contributed by atoms with van der Waals surface area (Å²) in [5, 5.41) is 6.15. The maximum absolute atomic E-state index is 12.4. The summed E-state index contributed by atoms with van der Waals surface area (Å²) in [6, 6.07) is 3.98. The van der Waals surface area contributed by atoms with Crippen molar-refractivity contribution in [1.82, 2.24) is 20.5 Å². The molecule has 6 nitrogen and oxygen atoms in total. The second-order valence-corrected chi connectivity index (χ2v) is 6.76. The number of pyridine rings is 1. The average Bonchev–Trinajstić information content (AvgIpc) is 2.63. The molecule has 0 bridgehead atoms. The summed E-state index contributed by atoms with van der Waals surface area (Å²) in [5.41, 5.74) is 0.624. The van der Waals surface area contributed by atoms with Crippen molar-refractivity contribution in [2.45, 2.75) is 57.0 Å². The lowest BCUT2D eigenvalue weighted by molar-refractivity contribution is 0.0708. The maximum atomic E-state index is 12.4. The lowest BCUT2D eigenvalue weighted by Gasteiger charge is -2.33. The fourth-order valence-electron chi connectivity index (χ4n) is 3.56. The van der Waals surface area contributed by atoms with Gasteiger partial charge in [0.15, 0.2) is 0 Å². The van der Waals surface area contributed by atoms with Gasteiger partial charge in [-0.2, -0.15) is 0 Å². The van der Waals surface area contributed by atoms with Gasteiger partial charge in [-0.1, -0.05) is 19.3 Å². The molecule has 2 fully saturated rings. The van der Waals surface area contributed by atoms with Gasteiger partial charge in [0, 0.05) is 37.6 Å². The van der Waals surface area contributed by atoms with Crippen LogP contribution in [0.25, 0.3) is 0 Å². The van der Waals surface area contributed by atoms with Crippen molar-refractivity contribution in [3.8, 4) is 0 Å². The first-order valence-electron chi connectivity index (χ1n) is 8.99. The standard InChI is InChI=1S/C18H26N4O2/c23-17(14-5-4-10-19-13-14)22-11-8-16(9-12-22)21-18(24)20-15-6-2-1-3-7-15/h4-5,10,13,15-16H,1-3,6-9,11-12H2,(H2,20,21,24). The fourth-order valence-corrected chi connectivity index (χ4v) is 3.56. The number of amides is 3. The zero-order chi connectivity index (χ0) is 16.8. The molecule has 0 unspecified atom stereocenters. The lowest BCUT2D eigenvalue weighted by atomic mass is 9.96. The molecule has 1 aromatic rings. The van der Waals surface area contributed by atoms with E-state index in [0.29, 0.717) is 24.7 Å². The van der Waals surface area contributed by atoms with Gasteiger partial charge in [-0.15, -0.1) is 0 Å². The van der Waals surface area contributed by atoms with E-state index in [1.54, 1.807) is 24.5 Å². The second-order valence-electron chi connectivity index (χ2n) is 6.76. The molecule has 0 radical (unpaired) electrons. The molecule has 24 heavy (non-hydrogen) atoms. The second kappa shape index (κ2) is 8.13. The zero-order valence-corrected chi connectivity index (χ0v) is 14.0. The molecule has 1 aromatic heterocycles. The molecule has 1 saturated carbocycles. The molecule has 1 saturated heterocycles. The first kappa shape index (κ1) is 16.7. The molecule has 6 heteroatoms. The van der Waals surface area contributed by atoms with Gasteiger partial charge in [0.1, 0.15) is 0 Å². The largest absolute Gasteiger partial charge is 0.338 e. The number of aromatic nitrogens is 1. The van der Waals surface area contributed by atoms with E-state index in [0.717, 1.165) is 25.7 Å². The Morgan fingerprint density at radius 2 is 1.67 bits per heavy atom. The summed E-state index contributed by atoms with van der Waals surface area (Å²) in [6.45, 7) is 1.34. The predicted molar refractivity (Wildman–Crippen MR) is 91.7 cm³/mol. The smallest absolute Gasteiger partial charge is 0.315 e. The highest BCUT2D eigenvalue weighted by atomic mass is 16.2. The number of piperidine rings is 1. The molecule has 1 aliphatic heterocycles. The van der Waals surface area contributed by atoms with Crippen LogP contribution >= 0.6 is 0 Å². The van der Waals surface area contributed by atoms with E-state index in [-0.39, 0.29) is 18.0 Å². The van der Waals surface area contributed by atoms with Crippen molar-refractivity contribution in [3.63, 3.8) is 0 Å². The van der Waals surface area contributed by atoms with Gasteiger partial charge in [-0.05, 0) is 37.8 Å². The van der Waals surface area contributed by atoms with E-state index < -0.39 is 0 Å². The molecule has 0 spiro atoms. The topological polar surface area (TPSA) is 74.3 Å². The van der Waals surface area contributed by atoms with Crippen molar-refractivity contribution < 1.29 is 9.59 Å². The van der Waals surface area contributed by atoms with Gasteiger partial charge in [0.25, 0.3) is 5.91 Å². The fraction of sp³-hybridized carbons (Fsp3) is 0.611. The van der Waals surface area contributed by atoms with Crippen molar-refractivity contribution in [2.75, 3.05) is 13.1 Å². The number of hydrogen-bond acceptors (Lipinski definition) is 3. The van der Waals surface area contributed by atoms with Crippen LogP contribution in [0, 0.1) is 0 Å². The Hall–Kier alpha value is -2.11. The van der Waals surface area contributed by atoms with Gasteiger partial charge in [0.05, 0.1) is 5.56 Å². The number of carbonyl (C=O) groups excluding carboxylic acids is 2. The van der Waals surface area contributed by atoms with Crippen LogP contribution in [0.5, 0.6) is 0 Å². The molecule has 1 aliphatic carbocycles. The number of urea groups is 1. The van der Waals surface area contributed by atoms with Crippen molar-refractivity contribution in [2.24, 2.45) is 0 Å². The van der Waals surface area contributed by atoms with Gasteiger partial charge in [-0.25, -0.2) is 4.79 Å². The normalized spacial score (nSPS) is 19.8. The minimum absolute atomic E-state index is 0.0215. The first-order chi connectivity index (χ1) is 11.7. The Morgan fingerprint density at radius 3 is 2.29 bits per heavy atom. The van der Waals surface area contributed by atoms with E-state index >= 15 is 0 Å². The van der Waals surface area contributed by atoms with E-state index in [2.05, 4.69) is 15.6 Å². The molecule has 0 atom stereocenters. The van der Waals surface area contributed by atoms with Crippen molar-refractivity contribution >= 4 is 11.9 Å². The Labute approximate surface area is 143 Å². The van der Waals surface area contributed by atoms with E-state index in [9.17, 15) is 9.59 Å². The summed E-state index contributed by atoms with van der Waals surface area (Å²) >= 11 is 0. The number of likely N-dealkylation sites (tertiary alicyclic amines) is 1. The summed E-state index contributed by atoms with van der Waals surface area (Å²) in [4.78, 5) is 30.3. The molecular formula is C18H26N4O2. The van der Waals surface area contributed by atoms with Crippen LogP contribution in [-0.2, 0) is 0 Å². The number of nitrogens with one attached hydrogen (secondary N) is 2.